The van der Waals surface area contributed by atoms with E-state index in [0.717, 1.165) is 23.7 Å². The minimum Gasteiger partial charge on any atom is -0.376 e. The van der Waals surface area contributed by atoms with Crippen molar-refractivity contribution in [1.82, 2.24) is 10.3 Å². The van der Waals surface area contributed by atoms with Crippen LogP contribution in [0.5, 0.6) is 0 Å². The van der Waals surface area contributed by atoms with Gasteiger partial charge >= 0.3 is 0 Å². The van der Waals surface area contributed by atoms with Crippen LogP contribution in [0.25, 0.3) is 10.9 Å². The highest BCUT2D eigenvalue weighted by Gasteiger charge is 2.15. The molecule has 2 aromatic rings. The van der Waals surface area contributed by atoms with Gasteiger partial charge in [0, 0.05) is 23.6 Å². The molecule has 4 heteroatoms. The fraction of sp³-hybridized carbons (Fsp3) is 0.438. The zero-order valence-electron chi connectivity index (χ0n) is 11.5. The van der Waals surface area contributed by atoms with E-state index in [0.29, 0.717) is 24.8 Å². The third-order valence-electron chi connectivity index (χ3n) is 3.88. The highest BCUT2D eigenvalue weighted by molar-refractivity contribution is 6.06. The molecular weight excluding hydrogens is 252 g/mol. The van der Waals surface area contributed by atoms with Gasteiger partial charge in [-0.05, 0) is 18.9 Å². The Kier molecular flexibility index (Phi) is 4.02. The summed E-state index contributed by atoms with van der Waals surface area (Å²) in [7, 11) is 0. The van der Waals surface area contributed by atoms with Crippen LogP contribution in [0, 0.1) is 0 Å². The summed E-state index contributed by atoms with van der Waals surface area (Å²) in [5, 5.41) is 3.88. The van der Waals surface area contributed by atoms with Crippen molar-refractivity contribution in [2.24, 2.45) is 0 Å². The Labute approximate surface area is 118 Å². The van der Waals surface area contributed by atoms with Gasteiger partial charge in [0.05, 0.1) is 18.3 Å². The maximum absolute atomic E-state index is 12.1. The zero-order chi connectivity index (χ0) is 13.8. The van der Waals surface area contributed by atoms with Crippen molar-refractivity contribution < 1.29 is 9.53 Å². The molecule has 0 radical (unpaired) electrons. The lowest BCUT2D eigenvalue weighted by molar-refractivity contribution is 0.0582. The van der Waals surface area contributed by atoms with E-state index < -0.39 is 0 Å². The van der Waals surface area contributed by atoms with Gasteiger partial charge in [0.25, 0.3) is 5.91 Å². The minimum atomic E-state index is -0.0440. The standard InChI is InChI=1S/C16H20N2O2/c19-16(17-9-10-20-12-5-1-2-6-12)14-11-18-15-8-4-3-7-13(14)15/h3-4,7-8,11-12,18H,1-2,5-6,9-10H2,(H,17,19). The van der Waals surface area contributed by atoms with Crippen molar-refractivity contribution in [2.45, 2.75) is 31.8 Å². The summed E-state index contributed by atoms with van der Waals surface area (Å²) in [5.41, 5.74) is 1.68. The number of ether oxygens (including phenoxy) is 1. The van der Waals surface area contributed by atoms with Crippen molar-refractivity contribution >= 4 is 16.8 Å². The van der Waals surface area contributed by atoms with E-state index in [1.807, 2.05) is 24.3 Å². The summed E-state index contributed by atoms with van der Waals surface area (Å²) in [4.78, 5) is 15.2. The van der Waals surface area contributed by atoms with Crippen LogP contribution in [-0.2, 0) is 4.74 Å². The number of rotatable bonds is 5. The number of nitrogens with one attached hydrogen (secondary N) is 2. The molecule has 1 heterocycles. The topological polar surface area (TPSA) is 54.1 Å². The first-order chi connectivity index (χ1) is 9.84. The second kappa shape index (κ2) is 6.09. The van der Waals surface area contributed by atoms with E-state index in [9.17, 15) is 4.79 Å². The second-order valence-electron chi connectivity index (χ2n) is 5.28. The summed E-state index contributed by atoms with van der Waals surface area (Å²) in [6, 6.07) is 7.82. The monoisotopic (exact) mass is 272 g/mol. The van der Waals surface area contributed by atoms with Crippen LogP contribution in [0.1, 0.15) is 36.0 Å². The average Bonchev–Trinajstić information content (AvgIpc) is 3.12. The number of aromatic nitrogens is 1. The van der Waals surface area contributed by atoms with Crippen molar-refractivity contribution in [3.63, 3.8) is 0 Å². The number of hydrogen-bond acceptors (Lipinski definition) is 2. The lowest BCUT2D eigenvalue weighted by Crippen LogP contribution is -2.28. The molecule has 1 aliphatic carbocycles. The first-order valence-electron chi connectivity index (χ1n) is 7.30. The Bertz CT molecular complexity index is 585. The average molecular weight is 272 g/mol. The van der Waals surface area contributed by atoms with Crippen LogP contribution >= 0.6 is 0 Å². The molecule has 1 saturated carbocycles. The molecule has 0 atom stereocenters. The van der Waals surface area contributed by atoms with Crippen molar-refractivity contribution in [3.8, 4) is 0 Å². The number of fused-ring (bicyclic) bond motifs is 1. The number of aromatic amines is 1. The van der Waals surface area contributed by atoms with Gasteiger partial charge in [-0.3, -0.25) is 4.79 Å². The number of carbonyl (C=O) groups is 1. The normalized spacial score (nSPS) is 15.8. The number of carbonyl (C=O) groups excluding carboxylic acids is 1. The summed E-state index contributed by atoms with van der Waals surface area (Å²) in [6.45, 7) is 1.16. The molecule has 1 aromatic heterocycles. The van der Waals surface area contributed by atoms with Gasteiger partial charge in [-0.2, -0.15) is 0 Å². The van der Waals surface area contributed by atoms with Gasteiger partial charge in [0.1, 0.15) is 0 Å². The van der Waals surface area contributed by atoms with E-state index in [1.165, 1.54) is 12.8 Å². The Balaban J connectivity index is 1.51. The fourth-order valence-electron chi connectivity index (χ4n) is 2.80. The maximum atomic E-state index is 12.1. The van der Waals surface area contributed by atoms with Crippen LogP contribution in [0.2, 0.25) is 0 Å². The van der Waals surface area contributed by atoms with Crippen LogP contribution in [0.15, 0.2) is 30.5 Å². The zero-order valence-corrected chi connectivity index (χ0v) is 11.5. The van der Waals surface area contributed by atoms with Gasteiger partial charge in [-0.1, -0.05) is 31.0 Å². The van der Waals surface area contributed by atoms with Crippen molar-refractivity contribution in [1.29, 1.82) is 0 Å². The molecule has 1 fully saturated rings. The lowest BCUT2D eigenvalue weighted by atomic mass is 10.1. The van der Waals surface area contributed by atoms with Crippen molar-refractivity contribution in [3.05, 3.63) is 36.0 Å². The first kappa shape index (κ1) is 13.2. The predicted molar refractivity (Wildman–Crippen MR) is 78.8 cm³/mol. The Morgan fingerprint density at radius 3 is 2.95 bits per heavy atom. The van der Waals surface area contributed by atoms with Crippen LogP contribution in [-0.4, -0.2) is 30.1 Å². The maximum Gasteiger partial charge on any atom is 0.253 e. The molecule has 0 spiro atoms. The van der Waals surface area contributed by atoms with E-state index >= 15 is 0 Å². The Hall–Kier alpha value is -1.81. The molecular formula is C16H20N2O2. The summed E-state index contributed by atoms with van der Waals surface area (Å²) in [5.74, 6) is -0.0440. The van der Waals surface area contributed by atoms with Crippen LogP contribution in [0.3, 0.4) is 0 Å². The lowest BCUT2D eigenvalue weighted by Gasteiger charge is -2.11. The minimum absolute atomic E-state index is 0.0440. The molecule has 0 unspecified atom stereocenters. The second-order valence-corrected chi connectivity index (χ2v) is 5.28. The fourth-order valence-corrected chi connectivity index (χ4v) is 2.80. The molecule has 1 aliphatic rings. The predicted octanol–water partition coefficient (Wildman–Crippen LogP) is 2.86. The summed E-state index contributed by atoms with van der Waals surface area (Å²) < 4.78 is 5.74. The highest BCUT2D eigenvalue weighted by atomic mass is 16.5. The third kappa shape index (κ3) is 2.85. The van der Waals surface area contributed by atoms with Gasteiger partial charge in [-0.25, -0.2) is 0 Å². The van der Waals surface area contributed by atoms with Gasteiger partial charge in [0.2, 0.25) is 0 Å². The molecule has 1 amide bonds. The Morgan fingerprint density at radius 2 is 2.10 bits per heavy atom. The molecule has 0 bridgehead atoms. The Morgan fingerprint density at radius 1 is 1.30 bits per heavy atom. The van der Waals surface area contributed by atoms with Gasteiger partial charge < -0.3 is 15.0 Å². The van der Waals surface area contributed by atoms with Crippen LogP contribution < -0.4 is 5.32 Å². The van der Waals surface area contributed by atoms with Crippen molar-refractivity contribution in [2.75, 3.05) is 13.2 Å². The number of amides is 1. The number of H-pyrrole nitrogens is 1. The molecule has 0 aliphatic heterocycles. The first-order valence-corrected chi connectivity index (χ1v) is 7.30. The quantitative estimate of drug-likeness (QED) is 0.822. The van der Waals surface area contributed by atoms with E-state index in [1.54, 1.807) is 6.20 Å². The molecule has 2 N–H and O–H groups in total. The smallest absolute Gasteiger partial charge is 0.253 e. The van der Waals surface area contributed by atoms with E-state index in [4.69, 9.17) is 4.74 Å². The van der Waals surface area contributed by atoms with E-state index in [2.05, 4.69) is 10.3 Å². The third-order valence-corrected chi connectivity index (χ3v) is 3.88. The van der Waals surface area contributed by atoms with Crippen LogP contribution in [0.4, 0.5) is 0 Å². The van der Waals surface area contributed by atoms with Gasteiger partial charge in [0.15, 0.2) is 0 Å². The number of benzene rings is 1. The summed E-state index contributed by atoms with van der Waals surface area (Å²) >= 11 is 0. The van der Waals surface area contributed by atoms with E-state index in [-0.39, 0.29) is 5.91 Å². The van der Waals surface area contributed by atoms with Gasteiger partial charge in [-0.15, -0.1) is 0 Å². The molecule has 1 aromatic carbocycles. The number of para-hydroxylation sites is 1. The molecule has 0 saturated heterocycles. The molecule has 3 rings (SSSR count). The SMILES string of the molecule is O=C(NCCOC1CCCC1)c1c[nH]c2ccccc12. The number of hydrogen-bond donors (Lipinski definition) is 2. The largest absolute Gasteiger partial charge is 0.376 e. The molecule has 4 nitrogen and oxygen atoms in total. The molecule has 106 valence electrons. The molecule has 20 heavy (non-hydrogen) atoms. The highest BCUT2D eigenvalue weighted by Crippen LogP contribution is 2.20. The summed E-state index contributed by atoms with van der Waals surface area (Å²) in [6.07, 6.45) is 7.03.